The van der Waals surface area contributed by atoms with Gasteiger partial charge in [0.2, 0.25) is 0 Å². The summed E-state index contributed by atoms with van der Waals surface area (Å²) in [6, 6.07) is 10.8. The highest BCUT2D eigenvalue weighted by atomic mass is 79.9. The minimum absolute atomic E-state index is 0.0589. The average Bonchev–Trinajstić information content (AvgIpc) is 2.32. The van der Waals surface area contributed by atoms with Crippen molar-refractivity contribution in [3.8, 4) is 11.5 Å². The Labute approximate surface area is 125 Å². The Kier molecular flexibility index (Phi) is 4.27. The van der Waals surface area contributed by atoms with E-state index in [0.717, 1.165) is 15.8 Å². The Hall–Kier alpha value is -1.32. The summed E-state index contributed by atoms with van der Waals surface area (Å²) in [5.74, 6) is 1.31. The third-order valence-corrected chi connectivity index (χ3v) is 3.49. The molecule has 0 aliphatic carbocycles. The Bertz CT molecular complexity index is 638. The fraction of sp³-hybridized carbons (Fsp3) is 0.133. The minimum atomic E-state index is -0.0589. The molecule has 4 heteroatoms. The van der Waals surface area contributed by atoms with Crippen LogP contribution in [0.15, 0.2) is 40.9 Å². The first-order valence-corrected chi connectivity index (χ1v) is 6.89. The van der Waals surface area contributed by atoms with Crippen molar-refractivity contribution in [3.63, 3.8) is 0 Å². The Morgan fingerprint density at radius 3 is 2.53 bits per heavy atom. The Morgan fingerprint density at radius 2 is 1.95 bits per heavy atom. The lowest BCUT2D eigenvalue weighted by molar-refractivity contribution is 0.101. The number of ether oxygens (including phenoxy) is 1. The lowest BCUT2D eigenvalue weighted by Crippen LogP contribution is -1.94. The molecular formula is C15H12BrClO2. The van der Waals surface area contributed by atoms with Gasteiger partial charge in [0.15, 0.2) is 5.78 Å². The number of Topliss-reactive ketones (excluding diaryl/α,β-unsaturated/α-hetero) is 1. The first-order valence-electron chi connectivity index (χ1n) is 5.72. The zero-order chi connectivity index (χ0) is 14.0. The van der Waals surface area contributed by atoms with E-state index in [-0.39, 0.29) is 5.78 Å². The van der Waals surface area contributed by atoms with Crippen molar-refractivity contribution >= 4 is 33.3 Å². The van der Waals surface area contributed by atoms with Crippen molar-refractivity contribution < 1.29 is 9.53 Å². The van der Waals surface area contributed by atoms with Crippen LogP contribution in [0.5, 0.6) is 11.5 Å². The second-order valence-electron chi connectivity index (χ2n) is 4.21. The molecule has 2 rings (SSSR count). The second kappa shape index (κ2) is 5.76. The van der Waals surface area contributed by atoms with Crippen LogP contribution in [0, 0.1) is 6.92 Å². The van der Waals surface area contributed by atoms with Gasteiger partial charge in [0.25, 0.3) is 0 Å². The smallest absolute Gasteiger partial charge is 0.161 e. The second-order valence-corrected chi connectivity index (χ2v) is 5.53. The molecule has 0 heterocycles. The summed E-state index contributed by atoms with van der Waals surface area (Å²) in [5, 5.41) is 0.403. The largest absolute Gasteiger partial charge is 0.457 e. The average molecular weight is 340 g/mol. The van der Waals surface area contributed by atoms with Crippen molar-refractivity contribution in [2.75, 3.05) is 0 Å². The normalized spacial score (nSPS) is 10.3. The summed E-state index contributed by atoms with van der Waals surface area (Å²) in [5.41, 5.74) is 1.52. The third kappa shape index (κ3) is 3.37. The summed E-state index contributed by atoms with van der Waals surface area (Å²) >= 11 is 9.45. The van der Waals surface area contributed by atoms with E-state index in [1.165, 1.54) is 6.92 Å². The molecule has 0 saturated carbocycles. The number of rotatable bonds is 3. The van der Waals surface area contributed by atoms with Gasteiger partial charge in [0, 0.05) is 16.1 Å². The highest BCUT2D eigenvalue weighted by Gasteiger charge is 2.08. The molecule has 0 radical (unpaired) electrons. The molecular weight excluding hydrogens is 328 g/mol. The minimum Gasteiger partial charge on any atom is -0.457 e. The van der Waals surface area contributed by atoms with Gasteiger partial charge in [-0.05, 0) is 49.7 Å². The molecule has 2 aromatic carbocycles. The number of hydrogen-bond acceptors (Lipinski definition) is 2. The number of ketones is 1. The standard InChI is InChI=1S/C15H12BrClO2/c1-9-7-11(16)3-6-15(9)19-12-4-5-13(10(2)18)14(17)8-12/h3-8H,1-2H3. The van der Waals surface area contributed by atoms with Crippen LogP contribution in [0.2, 0.25) is 5.02 Å². The topological polar surface area (TPSA) is 26.3 Å². The summed E-state index contributed by atoms with van der Waals surface area (Å²) in [7, 11) is 0. The highest BCUT2D eigenvalue weighted by molar-refractivity contribution is 9.10. The van der Waals surface area contributed by atoms with Gasteiger partial charge in [-0.1, -0.05) is 27.5 Å². The van der Waals surface area contributed by atoms with Crippen molar-refractivity contribution in [1.82, 2.24) is 0 Å². The molecule has 0 unspecified atom stereocenters. The van der Waals surface area contributed by atoms with Crippen LogP contribution in [0.4, 0.5) is 0 Å². The quantitative estimate of drug-likeness (QED) is 0.699. The predicted octanol–water partition coefficient (Wildman–Crippen LogP) is 5.41. The number of carbonyl (C=O) groups is 1. The maximum Gasteiger partial charge on any atom is 0.161 e. The molecule has 0 atom stereocenters. The third-order valence-electron chi connectivity index (χ3n) is 2.68. The summed E-state index contributed by atoms with van der Waals surface area (Å²) in [6.07, 6.45) is 0. The van der Waals surface area contributed by atoms with Crippen LogP contribution in [0.1, 0.15) is 22.8 Å². The molecule has 0 fully saturated rings. The molecule has 0 spiro atoms. The molecule has 0 saturated heterocycles. The molecule has 0 amide bonds. The summed E-state index contributed by atoms with van der Waals surface area (Å²) < 4.78 is 6.77. The first kappa shape index (κ1) is 14.1. The molecule has 0 N–H and O–H groups in total. The molecule has 98 valence electrons. The lowest BCUT2D eigenvalue weighted by Gasteiger charge is -2.10. The van der Waals surface area contributed by atoms with Crippen LogP contribution < -0.4 is 4.74 Å². The SMILES string of the molecule is CC(=O)c1ccc(Oc2ccc(Br)cc2C)cc1Cl. The van der Waals surface area contributed by atoms with Gasteiger partial charge in [-0.25, -0.2) is 0 Å². The van der Waals surface area contributed by atoms with Crippen LogP contribution in [-0.2, 0) is 0 Å². The maximum absolute atomic E-state index is 11.3. The zero-order valence-corrected chi connectivity index (χ0v) is 12.9. The summed E-state index contributed by atoms with van der Waals surface area (Å²) in [4.78, 5) is 11.3. The molecule has 19 heavy (non-hydrogen) atoms. The van der Waals surface area contributed by atoms with Gasteiger partial charge in [-0.3, -0.25) is 4.79 Å². The molecule has 2 nitrogen and oxygen atoms in total. The van der Waals surface area contributed by atoms with Gasteiger partial charge in [0.05, 0.1) is 5.02 Å². The van der Waals surface area contributed by atoms with Gasteiger partial charge in [0.1, 0.15) is 11.5 Å². The molecule has 2 aromatic rings. The number of hydrogen-bond donors (Lipinski definition) is 0. The number of benzene rings is 2. The van der Waals surface area contributed by atoms with E-state index in [2.05, 4.69) is 15.9 Å². The van der Waals surface area contributed by atoms with E-state index in [1.54, 1.807) is 18.2 Å². The van der Waals surface area contributed by atoms with Gasteiger partial charge in [-0.15, -0.1) is 0 Å². The van der Waals surface area contributed by atoms with Crippen molar-refractivity contribution in [2.24, 2.45) is 0 Å². The van der Waals surface area contributed by atoms with Crippen molar-refractivity contribution in [3.05, 3.63) is 57.0 Å². The van der Waals surface area contributed by atoms with Gasteiger partial charge in [-0.2, -0.15) is 0 Å². The first-order chi connectivity index (χ1) is 8.97. The van der Waals surface area contributed by atoms with Crippen LogP contribution in [0.25, 0.3) is 0 Å². The molecule has 0 aliphatic heterocycles. The fourth-order valence-corrected chi connectivity index (χ4v) is 2.48. The molecule has 0 aromatic heterocycles. The number of carbonyl (C=O) groups excluding carboxylic acids is 1. The van der Waals surface area contributed by atoms with Gasteiger partial charge < -0.3 is 4.74 Å². The molecule has 0 aliphatic rings. The zero-order valence-electron chi connectivity index (χ0n) is 10.5. The number of halogens is 2. The monoisotopic (exact) mass is 338 g/mol. The van der Waals surface area contributed by atoms with Crippen LogP contribution in [0.3, 0.4) is 0 Å². The predicted molar refractivity (Wildman–Crippen MR) is 80.4 cm³/mol. The Morgan fingerprint density at radius 1 is 1.21 bits per heavy atom. The Balaban J connectivity index is 2.29. The van der Waals surface area contributed by atoms with E-state index < -0.39 is 0 Å². The molecule has 0 bridgehead atoms. The number of aryl methyl sites for hydroxylation is 1. The van der Waals surface area contributed by atoms with Gasteiger partial charge >= 0.3 is 0 Å². The van der Waals surface area contributed by atoms with Crippen molar-refractivity contribution in [2.45, 2.75) is 13.8 Å². The van der Waals surface area contributed by atoms with Crippen molar-refractivity contribution in [1.29, 1.82) is 0 Å². The summed E-state index contributed by atoms with van der Waals surface area (Å²) in [6.45, 7) is 3.45. The lowest BCUT2D eigenvalue weighted by atomic mass is 10.1. The van der Waals surface area contributed by atoms with E-state index in [4.69, 9.17) is 16.3 Å². The van der Waals surface area contributed by atoms with Crippen LogP contribution >= 0.6 is 27.5 Å². The van der Waals surface area contributed by atoms with E-state index in [9.17, 15) is 4.79 Å². The maximum atomic E-state index is 11.3. The highest BCUT2D eigenvalue weighted by Crippen LogP contribution is 2.30. The van der Waals surface area contributed by atoms with E-state index in [0.29, 0.717) is 16.3 Å². The van der Waals surface area contributed by atoms with E-state index >= 15 is 0 Å². The van der Waals surface area contributed by atoms with E-state index in [1.807, 2.05) is 25.1 Å². The van der Waals surface area contributed by atoms with Crippen LogP contribution in [-0.4, -0.2) is 5.78 Å². The fourth-order valence-electron chi connectivity index (χ4n) is 1.70.